The predicted molar refractivity (Wildman–Crippen MR) is 149 cm³/mol. The van der Waals surface area contributed by atoms with Gasteiger partial charge in [0, 0.05) is 30.1 Å². The zero-order valence-electron chi connectivity index (χ0n) is 25.4. The molecule has 1 unspecified atom stereocenters. The van der Waals surface area contributed by atoms with E-state index in [1.807, 2.05) is 27.7 Å². The van der Waals surface area contributed by atoms with E-state index in [4.69, 9.17) is 4.74 Å². The highest BCUT2D eigenvalue weighted by Crippen LogP contribution is 2.74. The maximum Gasteiger partial charge on any atom is 0.303 e. The molecule has 4 aliphatic rings. The summed E-state index contributed by atoms with van der Waals surface area (Å²) in [5.74, 6) is -2.48. The molecule has 0 aliphatic heterocycles. The lowest BCUT2D eigenvalue weighted by Crippen LogP contribution is -2.65. The van der Waals surface area contributed by atoms with Crippen molar-refractivity contribution >= 4 is 17.5 Å². The zero-order valence-corrected chi connectivity index (χ0v) is 25.4. The molecule has 3 saturated carbocycles. The van der Waals surface area contributed by atoms with E-state index in [-0.39, 0.29) is 30.5 Å². The molecule has 0 spiro atoms. The highest BCUT2D eigenvalue weighted by atomic mass is 16.6. The smallest absolute Gasteiger partial charge is 0.303 e. The molecule has 0 radical (unpaired) electrons. The summed E-state index contributed by atoms with van der Waals surface area (Å²) in [6, 6.07) is 0. The number of carbonyl (C=O) groups is 3. The van der Waals surface area contributed by atoms with Crippen LogP contribution in [0, 0.1) is 39.4 Å². The summed E-state index contributed by atoms with van der Waals surface area (Å²) < 4.78 is 5.23. The van der Waals surface area contributed by atoms with E-state index in [0.29, 0.717) is 12.8 Å². The molecule has 4 aliphatic carbocycles. The number of carbonyl (C=O) groups excluding carboxylic acids is 3. The molecule has 0 aromatic rings. The molecule has 10 atom stereocenters. The van der Waals surface area contributed by atoms with Gasteiger partial charge in [0.15, 0.2) is 5.78 Å². The second kappa shape index (κ2) is 9.32. The molecule has 40 heavy (non-hydrogen) atoms. The van der Waals surface area contributed by atoms with Gasteiger partial charge < -0.3 is 25.2 Å². The first kappa shape index (κ1) is 31.1. The number of hydrogen-bond donors (Lipinski definition) is 4. The van der Waals surface area contributed by atoms with Crippen molar-refractivity contribution in [2.75, 3.05) is 0 Å². The second-order valence-corrected chi connectivity index (χ2v) is 15.0. The van der Waals surface area contributed by atoms with Crippen molar-refractivity contribution in [3.05, 3.63) is 23.8 Å². The maximum atomic E-state index is 14.3. The van der Waals surface area contributed by atoms with E-state index in [9.17, 15) is 34.8 Å². The van der Waals surface area contributed by atoms with Crippen LogP contribution >= 0.6 is 0 Å². The monoisotopic (exact) mass is 560 g/mol. The van der Waals surface area contributed by atoms with Crippen LogP contribution < -0.4 is 0 Å². The summed E-state index contributed by atoms with van der Waals surface area (Å²) >= 11 is 0. The van der Waals surface area contributed by atoms with Crippen LogP contribution in [0.3, 0.4) is 0 Å². The molecule has 0 aromatic carbocycles. The third kappa shape index (κ3) is 4.19. The Bertz CT molecular complexity index is 1160. The molecular formula is C32H48O8. The quantitative estimate of drug-likeness (QED) is 0.228. The molecule has 4 N–H and O–H groups in total. The minimum Gasteiger partial charge on any atom is -0.456 e. The van der Waals surface area contributed by atoms with Gasteiger partial charge in [-0.15, -0.1) is 0 Å². The molecule has 0 amide bonds. The standard InChI is InChI=1S/C32H48O8/c1-17(33)40-27(2,3)13-12-23(36)32(9,39)25-21(35)15-29(6)22-11-10-18-19(14-20(34)26(38)28(18,4)5)31(22,8)24(37)16-30(25,29)7/h10,12-13,19-22,25-26,34-35,38-39H,11,14-16H2,1-9H3/b13-12+/t19-,20+,21+,22-,25+,26+,29-,30+,31-,32?/m0/s1. The van der Waals surface area contributed by atoms with Crippen LogP contribution in [0.2, 0.25) is 0 Å². The second-order valence-electron chi connectivity index (χ2n) is 15.0. The highest BCUT2D eigenvalue weighted by Gasteiger charge is 2.74. The van der Waals surface area contributed by atoms with Gasteiger partial charge in [-0.25, -0.2) is 0 Å². The van der Waals surface area contributed by atoms with E-state index < -0.39 is 68.8 Å². The van der Waals surface area contributed by atoms with Gasteiger partial charge in [0.1, 0.15) is 17.0 Å². The minimum absolute atomic E-state index is 0.00125. The average Bonchev–Trinajstić information content (AvgIpc) is 3.01. The number of ether oxygens (including phenoxy) is 1. The van der Waals surface area contributed by atoms with Crippen LogP contribution in [0.4, 0.5) is 0 Å². The van der Waals surface area contributed by atoms with Gasteiger partial charge in [0.2, 0.25) is 0 Å². The van der Waals surface area contributed by atoms with Crippen molar-refractivity contribution in [3.8, 4) is 0 Å². The molecule has 3 fully saturated rings. The molecular weight excluding hydrogens is 512 g/mol. The summed E-state index contributed by atoms with van der Waals surface area (Å²) in [5, 5.41) is 44.9. The maximum absolute atomic E-state index is 14.3. The minimum atomic E-state index is -1.98. The van der Waals surface area contributed by atoms with Crippen LogP contribution in [0.1, 0.15) is 88.0 Å². The molecule has 8 heteroatoms. The Morgan fingerprint density at radius 2 is 1.62 bits per heavy atom. The van der Waals surface area contributed by atoms with Crippen molar-refractivity contribution in [1.82, 2.24) is 0 Å². The molecule has 0 bridgehead atoms. The van der Waals surface area contributed by atoms with Gasteiger partial charge in [-0.2, -0.15) is 0 Å². The first-order valence-electron chi connectivity index (χ1n) is 14.5. The van der Waals surface area contributed by atoms with Crippen LogP contribution in [0.25, 0.3) is 0 Å². The Hall–Kier alpha value is -1.87. The molecule has 224 valence electrons. The number of rotatable bonds is 5. The van der Waals surface area contributed by atoms with E-state index in [2.05, 4.69) is 13.0 Å². The summed E-state index contributed by atoms with van der Waals surface area (Å²) in [6.07, 6.45) is 3.10. The molecule has 4 rings (SSSR count). The Labute approximate surface area is 237 Å². The van der Waals surface area contributed by atoms with Crippen molar-refractivity contribution in [3.63, 3.8) is 0 Å². The van der Waals surface area contributed by atoms with Gasteiger partial charge in [-0.1, -0.05) is 46.3 Å². The third-order valence-electron chi connectivity index (χ3n) is 11.8. The lowest BCUT2D eigenvalue weighted by Gasteiger charge is -2.65. The number of aliphatic hydroxyl groups is 4. The number of allylic oxidation sites excluding steroid dienone is 1. The summed E-state index contributed by atoms with van der Waals surface area (Å²) in [6.45, 7) is 15.7. The SMILES string of the molecule is CC(=O)OC(C)(C)/C=C/C(=O)C(C)(O)[C@@H]1[C@H](O)C[C@@]2(C)[C@@H]3CC=C4[C@H](C[C@@H](O)[C@@H](O)C4(C)C)[C@]3(C)C(=O)C[C@]12C. The first-order valence-corrected chi connectivity index (χ1v) is 14.5. The predicted octanol–water partition coefficient (Wildman–Crippen LogP) is 3.29. The van der Waals surface area contributed by atoms with Crippen LogP contribution in [0.15, 0.2) is 23.8 Å². The Balaban J connectivity index is 1.74. The number of aliphatic hydroxyl groups excluding tert-OH is 3. The lowest BCUT2D eigenvalue weighted by atomic mass is 9.38. The third-order valence-corrected chi connectivity index (χ3v) is 11.8. The van der Waals surface area contributed by atoms with Gasteiger partial charge >= 0.3 is 5.97 Å². The molecule has 0 heterocycles. The van der Waals surface area contributed by atoms with Crippen molar-refractivity contribution in [2.45, 2.75) is 118 Å². The van der Waals surface area contributed by atoms with Crippen LogP contribution in [-0.4, -0.2) is 67.5 Å². The fourth-order valence-corrected chi connectivity index (χ4v) is 9.55. The lowest BCUT2D eigenvalue weighted by molar-refractivity contribution is -0.186. The van der Waals surface area contributed by atoms with Crippen molar-refractivity contribution < 1.29 is 39.5 Å². The van der Waals surface area contributed by atoms with Gasteiger partial charge in [-0.3, -0.25) is 14.4 Å². The number of esters is 1. The topological polar surface area (TPSA) is 141 Å². The van der Waals surface area contributed by atoms with E-state index in [0.717, 1.165) is 5.57 Å². The van der Waals surface area contributed by atoms with Crippen molar-refractivity contribution in [2.24, 2.45) is 39.4 Å². The summed E-state index contributed by atoms with van der Waals surface area (Å²) in [5.41, 5.74) is -5.04. The Morgan fingerprint density at radius 1 is 1.02 bits per heavy atom. The zero-order chi connectivity index (χ0) is 30.4. The van der Waals surface area contributed by atoms with Gasteiger partial charge in [0.25, 0.3) is 0 Å². The van der Waals surface area contributed by atoms with E-state index in [1.165, 1.54) is 26.0 Å². The number of fused-ring (bicyclic) bond motifs is 5. The number of Topliss-reactive ketones (excluding diaryl/α,β-unsaturated/α-hetero) is 1. The summed E-state index contributed by atoms with van der Waals surface area (Å²) in [7, 11) is 0. The average molecular weight is 561 g/mol. The first-order chi connectivity index (χ1) is 18.1. The highest BCUT2D eigenvalue weighted by molar-refractivity contribution is 5.97. The normalized spacial score (nSPS) is 44.2. The summed E-state index contributed by atoms with van der Waals surface area (Å²) in [4.78, 5) is 39.2. The number of ketones is 2. The Kier molecular flexibility index (Phi) is 7.24. The van der Waals surface area contributed by atoms with Gasteiger partial charge in [0.05, 0.1) is 18.3 Å². The molecule has 8 nitrogen and oxygen atoms in total. The molecule has 0 saturated heterocycles. The van der Waals surface area contributed by atoms with E-state index >= 15 is 0 Å². The fraction of sp³-hybridized carbons (Fsp3) is 0.781. The van der Waals surface area contributed by atoms with Crippen LogP contribution in [0.5, 0.6) is 0 Å². The van der Waals surface area contributed by atoms with Gasteiger partial charge in [-0.05, 0) is 74.9 Å². The largest absolute Gasteiger partial charge is 0.456 e. The fourth-order valence-electron chi connectivity index (χ4n) is 9.55. The van der Waals surface area contributed by atoms with E-state index in [1.54, 1.807) is 13.8 Å². The molecule has 0 aromatic heterocycles. The van der Waals surface area contributed by atoms with Crippen LogP contribution in [-0.2, 0) is 19.1 Å². The van der Waals surface area contributed by atoms with Crippen molar-refractivity contribution in [1.29, 1.82) is 0 Å². The Morgan fingerprint density at radius 3 is 2.20 bits per heavy atom. The number of hydrogen-bond acceptors (Lipinski definition) is 8.